The zero-order chi connectivity index (χ0) is 21.2. The summed E-state index contributed by atoms with van der Waals surface area (Å²) in [5.74, 6) is -8.31. The van der Waals surface area contributed by atoms with Crippen molar-refractivity contribution in [1.29, 1.82) is 0 Å². The number of aromatic nitrogens is 1. The van der Waals surface area contributed by atoms with Crippen LogP contribution in [0.5, 0.6) is 5.75 Å². The number of carbonyl (C=O) groups is 1. The summed E-state index contributed by atoms with van der Waals surface area (Å²) in [6.07, 6.45) is 0.172. The van der Waals surface area contributed by atoms with E-state index in [2.05, 4.69) is 10.3 Å². The van der Waals surface area contributed by atoms with Gasteiger partial charge in [-0.15, -0.1) is 0 Å². The molecule has 1 aromatic heterocycles. The van der Waals surface area contributed by atoms with Crippen LogP contribution in [0.3, 0.4) is 0 Å². The van der Waals surface area contributed by atoms with Gasteiger partial charge in [0.05, 0.1) is 13.0 Å². The molecule has 1 aromatic carbocycles. The molecule has 2 aromatic rings. The van der Waals surface area contributed by atoms with Crippen LogP contribution in [-0.4, -0.2) is 23.9 Å². The molecule has 0 spiro atoms. The maximum absolute atomic E-state index is 14.2. The van der Waals surface area contributed by atoms with Crippen molar-refractivity contribution in [2.75, 3.05) is 12.4 Å². The summed E-state index contributed by atoms with van der Waals surface area (Å²) in [7, 11) is 1.16. The Morgan fingerprint density at radius 1 is 1.34 bits per heavy atom. The second kappa shape index (κ2) is 8.58. The predicted octanol–water partition coefficient (Wildman–Crippen LogP) is 4.49. The number of nitrogens with two attached hydrogens (primary N) is 1. The Morgan fingerprint density at radius 2 is 2.10 bits per heavy atom. The molecule has 156 valence electrons. The Hall–Kier alpha value is -2.33. The number of pyridine rings is 1. The number of hydrogen-bond donors (Lipinski definition) is 2. The molecule has 1 aliphatic carbocycles. The van der Waals surface area contributed by atoms with Gasteiger partial charge in [0.15, 0.2) is 11.6 Å². The van der Waals surface area contributed by atoms with Crippen molar-refractivity contribution in [2.24, 2.45) is 11.1 Å². The number of amides is 1. The molecule has 1 amide bonds. The van der Waals surface area contributed by atoms with Gasteiger partial charge in [-0.3, -0.25) is 9.93 Å². The molecule has 2 unspecified atom stereocenters. The number of benzene rings is 1. The second-order valence-electron chi connectivity index (χ2n) is 6.79. The van der Waals surface area contributed by atoms with Crippen LogP contribution in [0.1, 0.15) is 30.7 Å². The van der Waals surface area contributed by atoms with Gasteiger partial charge in [0, 0.05) is 30.3 Å². The van der Waals surface area contributed by atoms with Crippen LogP contribution >= 0.6 is 11.9 Å². The number of carbonyl (C=O) groups excluding carboxylic acids is 1. The summed E-state index contributed by atoms with van der Waals surface area (Å²) < 4.78 is 60.9. The van der Waals surface area contributed by atoms with Crippen molar-refractivity contribution in [3.8, 4) is 5.75 Å². The molecule has 10 heteroatoms. The van der Waals surface area contributed by atoms with Crippen LogP contribution < -0.4 is 15.2 Å². The minimum Gasteiger partial charge on any atom is -0.493 e. The number of anilines is 1. The van der Waals surface area contributed by atoms with Crippen LogP contribution in [0.15, 0.2) is 35.5 Å². The van der Waals surface area contributed by atoms with E-state index in [1.165, 1.54) is 24.4 Å². The number of ether oxygens (including phenoxy) is 1. The van der Waals surface area contributed by atoms with E-state index < -0.39 is 48.1 Å². The largest absolute Gasteiger partial charge is 0.493 e. The van der Waals surface area contributed by atoms with Crippen molar-refractivity contribution in [3.05, 3.63) is 47.7 Å². The van der Waals surface area contributed by atoms with Gasteiger partial charge in [0.2, 0.25) is 17.6 Å². The summed E-state index contributed by atoms with van der Waals surface area (Å²) >= 11 is 0.875. The molecule has 5 nitrogen and oxygen atoms in total. The van der Waals surface area contributed by atoms with E-state index in [0.29, 0.717) is 10.7 Å². The van der Waals surface area contributed by atoms with E-state index in [-0.39, 0.29) is 17.7 Å². The number of nitrogens with one attached hydrogen (secondary N) is 1. The van der Waals surface area contributed by atoms with Gasteiger partial charge in [-0.05, 0) is 42.5 Å². The number of methoxy groups -OCH3 is 1. The van der Waals surface area contributed by atoms with Gasteiger partial charge >= 0.3 is 0 Å². The van der Waals surface area contributed by atoms with Crippen molar-refractivity contribution < 1.29 is 27.1 Å². The third-order valence-electron chi connectivity index (χ3n) is 4.97. The summed E-state index contributed by atoms with van der Waals surface area (Å²) in [6, 6.07) is 5.20. The topological polar surface area (TPSA) is 77.2 Å². The highest BCUT2D eigenvalue weighted by atomic mass is 32.2. The average Bonchev–Trinajstić information content (AvgIpc) is 2.69. The zero-order valence-electron chi connectivity index (χ0n) is 15.4. The molecule has 1 saturated carbocycles. The number of halogens is 4. The predicted molar refractivity (Wildman–Crippen MR) is 101 cm³/mol. The zero-order valence-corrected chi connectivity index (χ0v) is 16.2. The number of rotatable bonds is 5. The molecular weight excluding hydrogens is 410 g/mol. The van der Waals surface area contributed by atoms with E-state index >= 15 is 0 Å². The fraction of sp³-hybridized carbons (Fsp3) is 0.368. The summed E-state index contributed by atoms with van der Waals surface area (Å²) in [6.45, 7) is 0. The van der Waals surface area contributed by atoms with Crippen LogP contribution in [0.2, 0.25) is 0 Å². The molecule has 0 aliphatic heterocycles. The lowest BCUT2D eigenvalue weighted by molar-refractivity contribution is -0.128. The third-order valence-corrected chi connectivity index (χ3v) is 5.43. The van der Waals surface area contributed by atoms with Crippen LogP contribution in [0, 0.1) is 17.6 Å². The number of nitrogens with zero attached hydrogens (tertiary/aromatic N) is 1. The Bertz CT molecular complexity index is 913. The molecule has 29 heavy (non-hydrogen) atoms. The van der Waals surface area contributed by atoms with E-state index in [0.717, 1.165) is 25.1 Å². The molecule has 0 radical (unpaired) electrons. The Morgan fingerprint density at radius 3 is 2.79 bits per heavy atom. The Balaban J connectivity index is 1.94. The lowest BCUT2D eigenvalue weighted by Crippen LogP contribution is -2.38. The molecule has 3 rings (SSSR count). The lowest BCUT2D eigenvalue weighted by Gasteiger charge is -2.36. The minimum atomic E-state index is -3.04. The average molecular weight is 429 g/mol. The standard InChI is InChI=1S/C19H19F4N3O2S/c1-28-17-12(2-3-14(20)16(17)21)11-4-6-19(22,23)9-13(11)18(27)26-10-5-7-25-15(8-10)29-24/h2-3,5,7-8,11,13H,4,6,9,24H2,1H3,(H,25,26,27). The smallest absolute Gasteiger partial charge is 0.249 e. The quantitative estimate of drug-likeness (QED) is 0.541. The first kappa shape index (κ1) is 21.4. The summed E-state index contributed by atoms with van der Waals surface area (Å²) in [5, 5.41) is 8.48. The SMILES string of the molecule is COc1c(C2CCC(F)(F)CC2C(=O)Nc2ccnc(SN)c2)ccc(F)c1F. The van der Waals surface area contributed by atoms with Crippen molar-refractivity contribution >= 4 is 23.5 Å². The number of hydrogen-bond acceptors (Lipinski definition) is 5. The molecule has 0 bridgehead atoms. The Labute approximate surface area is 169 Å². The van der Waals surface area contributed by atoms with Gasteiger partial charge in [-0.1, -0.05) is 6.07 Å². The first-order valence-electron chi connectivity index (χ1n) is 8.79. The van der Waals surface area contributed by atoms with Crippen LogP contribution in [0.4, 0.5) is 23.2 Å². The fourth-order valence-electron chi connectivity index (χ4n) is 3.61. The van der Waals surface area contributed by atoms with Gasteiger partial charge in [-0.25, -0.2) is 18.2 Å². The maximum atomic E-state index is 14.2. The van der Waals surface area contributed by atoms with E-state index in [1.807, 2.05) is 0 Å². The third kappa shape index (κ3) is 4.64. The molecule has 1 aliphatic rings. The number of alkyl halides is 2. The van der Waals surface area contributed by atoms with Gasteiger partial charge in [0.1, 0.15) is 5.03 Å². The molecule has 1 fully saturated rings. The monoisotopic (exact) mass is 429 g/mol. The minimum absolute atomic E-state index is 0.0766. The maximum Gasteiger partial charge on any atom is 0.249 e. The van der Waals surface area contributed by atoms with Crippen LogP contribution in [0.25, 0.3) is 0 Å². The van der Waals surface area contributed by atoms with Crippen LogP contribution in [-0.2, 0) is 4.79 Å². The van der Waals surface area contributed by atoms with E-state index in [4.69, 9.17) is 9.88 Å². The van der Waals surface area contributed by atoms with Crippen molar-refractivity contribution in [2.45, 2.75) is 36.1 Å². The lowest BCUT2D eigenvalue weighted by atomic mass is 9.73. The first-order valence-corrected chi connectivity index (χ1v) is 9.67. The van der Waals surface area contributed by atoms with E-state index in [9.17, 15) is 22.4 Å². The molecule has 3 N–H and O–H groups in total. The van der Waals surface area contributed by atoms with Crippen molar-refractivity contribution in [1.82, 2.24) is 4.98 Å². The van der Waals surface area contributed by atoms with Gasteiger partial charge < -0.3 is 10.1 Å². The molecule has 2 atom stereocenters. The normalized spacial score (nSPS) is 20.9. The van der Waals surface area contributed by atoms with E-state index in [1.54, 1.807) is 0 Å². The van der Waals surface area contributed by atoms with Gasteiger partial charge in [0.25, 0.3) is 0 Å². The second-order valence-corrected chi connectivity index (χ2v) is 7.44. The highest BCUT2D eigenvalue weighted by molar-refractivity contribution is 7.97. The Kier molecular flexibility index (Phi) is 6.33. The summed E-state index contributed by atoms with van der Waals surface area (Å²) in [5.41, 5.74) is 0.540. The highest BCUT2D eigenvalue weighted by Crippen LogP contribution is 2.48. The van der Waals surface area contributed by atoms with Gasteiger partial charge in [-0.2, -0.15) is 4.39 Å². The highest BCUT2D eigenvalue weighted by Gasteiger charge is 2.46. The fourth-order valence-corrected chi connectivity index (χ4v) is 3.93. The summed E-state index contributed by atoms with van der Waals surface area (Å²) in [4.78, 5) is 16.9. The molecule has 1 heterocycles. The molecule has 0 saturated heterocycles. The first-order chi connectivity index (χ1) is 13.8. The van der Waals surface area contributed by atoms with Crippen molar-refractivity contribution in [3.63, 3.8) is 0 Å². The molecular formula is C19H19F4N3O2S.